The Morgan fingerprint density at radius 1 is 1.32 bits per heavy atom. The monoisotopic (exact) mass is 262 g/mol. The van der Waals surface area contributed by atoms with Gasteiger partial charge in [-0.25, -0.2) is 0 Å². The normalized spacial score (nSPS) is 21.3. The first-order chi connectivity index (χ1) is 9.12. The zero-order valence-corrected chi connectivity index (χ0v) is 12.2. The van der Waals surface area contributed by atoms with Crippen LogP contribution >= 0.6 is 0 Å². The highest BCUT2D eigenvalue weighted by Crippen LogP contribution is 2.39. The maximum atomic E-state index is 10.6. The zero-order chi connectivity index (χ0) is 13.7. The second kappa shape index (κ2) is 6.42. The molecule has 0 fully saturated rings. The van der Waals surface area contributed by atoms with Crippen LogP contribution in [-0.2, 0) is 0 Å². The average Bonchev–Trinajstić information content (AvgIpc) is 2.39. The van der Waals surface area contributed by atoms with Gasteiger partial charge in [0.25, 0.3) is 0 Å². The van der Waals surface area contributed by atoms with E-state index >= 15 is 0 Å². The third-order valence-electron chi connectivity index (χ3n) is 4.09. The van der Waals surface area contributed by atoms with Gasteiger partial charge in [0.2, 0.25) is 0 Å². The van der Waals surface area contributed by atoms with Gasteiger partial charge in [0.15, 0.2) is 0 Å². The van der Waals surface area contributed by atoms with Gasteiger partial charge in [0, 0.05) is 0 Å². The Bertz CT molecular complexity index is 398. The van der Waals surface area contributed by atoms with Gasteiger partial charge >= 0.3 is 0 Å². The predicted molar refractivity (Wildman–Crippen MR) is 78.7 cm³/mol. The van der Waals surface area contributed by atoms with Crippen LogP contribution in [0.4, 0.5) is 0 Å². The van der Waals surface area contributed by atoms with Crippen LogP contribution in [0.25, 0.3) is 0 Å². The molecule has 0 aliphatic carbocycles. The number of para-hydroxylation sites is 1. The van der Waals surface area contributed by atoms with Gasteiger partial charge in [-0.3, -0.25) is 0 Å². The lowest BCUT2D eigenvalue weighted by Crippen LogP contribution is -2.29. The molecule has 0 saturated carbocycles. The zero-order valence-electron chi connectivity index (χ0n) is 12.2. The van der Waals surface area contributed by atoms with E-state index in [0.29, 0.717) is 5.92 Å². The molecular weight excluding hydrogens is 236 g/mol. The van der Waals surface area contributed by atoms with E-state index in [9.17, 15) is 5.11 Å². The van der Waals surface area contributed by atoms with Crippen molar-refractivity contribution in [3.05, 3.63) is 29.8 Å². The van der Waals surface area contributed by atoms with Gasteiger partial charge < -0.3 is 9.84 Å². The summed E-state index contributed by atoms with van der Waals surface area (Å²) in [5, 5.41) is 10.6. The summed E-state index contributed by atoms with van der Waals surface area (Å²) in [6.07, 6.45) is 6.30. The number of fused-ring (bicyclic) bond motifs is 1. The molecule has 1 heterocycles. The number of hydrogen-bond acceptors (Lipinski definition) is 2. The van der Waals surface area contributed by atoms with E-state index in [0.717, 1.165) is 38.0 Å². The van der Waals surface area contributed by atoms with Crippen LogP contribution in [0.1, 0.15) is 63.9 Å². The first-order valence-electron chi connectivity index (χ1n) is 7.56. The van der Waals surface area contributed by atoms with Crippen LogP contribution in [-0.4, -0.2) is 17.3 Å². The summed E-state index contributed by atoms with van der Waals surface area (Å²) in [6.45, 7) is 4.96. The minimum atomic E-state index is -0.551. The lowest BCUT2D eigenvalue weighted by Gasteiger charge is -2.32. The van der Waals surface area contributed by atoms with E-state index < -0.39 is 5.60 Å². The molecular formula is C17H26O2. The Labute approximate surface area is 116 Å². The summed E-state index contributed by atoms with van der Waals surface area (Å²) in [5.41, 5.74) is 0.717. The van der Waals surface area contributed by atoms with Crippen molar-refractivity contribution < 1.29 is 9.84 Å². The molecule has 2 heteroatoms. The highest BCUT2D eigenvalue weighted by Gasteiger charge is 2.29. The Morgan fingerprint density at radius 2 is 2.11 bits per heavy atom. The van der Waals surface area contributed by atoms with Crippen molar-refractivity contribution >= 4 is 0 Å². The maximum absolute atomic E-state index is 10.6. The van der Waals surface area contributed by atoms with Gasteiger partial charge in [-0.15, -0.1) is 0 Å². The molecule has 2 rings (SSSR count). The van der Waals surface area contributed by atoms with Crippen LogP contribution in [0.15, 0.2) is 24.3 Å². The van der Waals surface area contributed by atoms with Crippen LogP contribution in [0.5, 0.6) is 5.75 Å². The number of unbranched alkanes of at least 4 members (excludes halogenated alkanes) is 2. The van der Waals surface area contributed by atoms with Crippen LogP contribution in [0, 0.1) is 0 Å². The Balaban J connectivity index is 1.99. The largest absolute Gasteiger partial charge is 0.493 e. The van der Waals surface area contributed by atoms with E-state index in [4.69, 9.17) is 4.74 Å². The van der Waals surface area contributed by atoms with Crippen molar-refractivity contribution in [2.75, 3.05) is 6.61 Å². The van der Waals surface area contributed by atoms with E-state index in [1.54, 1.807) is 0 Å². The molecule has 2 unspecified atom stereocenters. The van der Waals surface area contributed by atoms with Crippen molar-refractivity contribution in [1.82, 2.24) is 0 Å². The summed E-state index contributed by atoms with van der Waals surface area (Å²) in [4.78, 5) is 0. The Hall–Kier alpha value is -1.02. The number of benzene rings is 1. The standard InChI is InChI=1S/C17H26O2/c1-3-4-7-11-17(2,18)13-14-10-12-19-16-9-6-5-8-15(14)16/h5-6,8-9,14,18H,3-4,7,10-13H2,1-2H3. The lowest BCUT2D eigenvalue weighted by molar-refractivity contribution is 0.0280. The predicted octanol–water partition coefficient (Wildman–Crippen LogP) is 4.27. The van der Waals surface area contributed by atoms with Crippen molar-refractivity contribution in [3.8, 4) is 5.75 Å². The minimum Gasteiger partial charge on any atom is -0.493 e. The number of rotatable bonds is 6. The molecule has 2 nitrogen and oxygen atoms in total. The SMILES string of the molecule is CCCCCC(C)(O)CC1CCOc2ccccc21. The Kier molecular flexibility index (Phi) is 4.87. The molecule has 1 aromatic rings. The maximum Gasteiger partial charge on any atom is 0.122 e. The molecule has 1 aliphatic heterocycles. The molecule has 0 bridgehead atoms. The highest BCUT2D eigenvalue weighted by molar-refractivity contribution is 5.37. The molecule has 0 aromatic heterocycles. The second-order valence-corrected chi connectivity index (χ2v) is 6.03. The quantitative estimate of drug-likeness (QED) is 0.776. The fraction of sp³-hybridized carbons (Fsp3) is 0.647. The number of ether oxygens (including phenoxy) is 1. The summed E-state index contributed by atoms with van der Waals surface area (Å²) < 4.78 is 5.69. The molecule has 0 amide bonds. The van der Waals surface area contributed by atoms with E-state index in [2.05, 4.69) is 19.1 Å². The molecule has 2 atom stereocenters. The molecule has 0 spiro atoms. The number of aliphatic hydroxyl groups is 1. The van der Waals surface area contributed by atoms with Gasteiger partial charge in [-0.1, -0.05) is 44.4 Å². The first kappa shape index (κ1) is 14.4. The van der Waals surface area contributed by atoms with Crippen molar-refractivity contribution in [3.63, 3.8) is 0 Å². The molecule has 1 aromatic carbocycles. The van der Waals surface area contributed by atoms with Crippen LogP contribution in [0.3, 0.4) is 0 Å². The van der Waals surface area contributed by atoms with Crippen molar-refractivity contribution in [1.29, 1.82) is 0 Å². The molecule has 0 radical (unpaired) electrons. The van der Waals surface area contributed by atoms with E-state index in [1.807, 2.05) is 19.1 Å². The molecule has 106 valence electrons. The van der Waals surface area contributed by atoms with Crippen molar-refractivity contribution in [2.45, 2.75) is 63.9 Å². The van der Waals surface area contributed by atoms with E-state index in [-0.39, 0.29) is 0 Å². The third-order valence-corrected chi connectivity index (χ3v) is 4.09. The lowest BCUT2D eigenvalue weighted by atomic mass is 9.81. The summed E-state index contributed by atoms with van der Waals surface area (Å²) in [7, 11) is 0. The summed E-state index contributed by atoms with van der Waals surface area (Å²) in [5.74, 6) is 1.43. The van der Waals surface area contributed by atoms with Gasteiger partial charge in [-0.2, -0.15) is 0 Å². The van der Waals surface area contributed by atoms with Crippen LogP contribution < -0.4 is 4.74 Å². The minimum absolute atomic E-state index is 0.432. The van der Waals surface area contributed by atoms with Crippen LogP contribution in [0.2, 0.25) is 0 Å². The van der Waals surface area contributed by atoms with Gasteiger partial charge in [0.05, 0.1) is 12.2 Å². The number of hydrogen-bond donors (Lipinski definition) is 1. The topological polar surface area (TPSA) is 29.5 Å². The van der Waals surface area contributed by atoms with E-state index in [1.165, 1.54) is 18.4 Å². The highest BCUT2D eigenvalue weighted by atomic mass is 16.5. The Morgan fingerprint density at radius 3 is 2.89 bits per heavy atom. The van der Waals surface area contributed by atoms with Gasteiger partial charge in [-0.05, 0) is 43.7 Å². The van der Waals surface area contributed by atoms with Gasteiger partial charge in [0.1, 0.15) is 5.75 Å². The molecule has 0 saturated heterocycles. The second-order valence-electron chi connectivity index (χ2n) is 6.03. The fourth-order valence-corrected chi connectivity index (χ4v) is 3.02. The first-order valence-corrected chi connectivity index (χ1v) is 7.56. The summed E-state index contributed by atoms with van der Waals surface area (Å²) in [6, 6.07) is 8.25. The fourth-order valence-electron chi connectivity index (χ4n) is 3.02. The third kappa shape index (κ3) is 3.97. The summed E-state index contributed by atoms with van der Waals surface area (Å²) >= 11 is 0. The molecule has 1 N–H and O–H groups in total. The molecule has 19 heavy (non-hydrogen) atoms. The average molecular weight is 262 g/mol. The smallest absolute Gasteiger partial charge is 0.122 e. The molecule has 1 aliphatic rings. The van der Waals surface area contributed by atoms with Crippen molar-refractivity contribution in [2.24, 2.45) is 0 Å².